The Balaban J connectivity index is 0.00000107. The topological polar surface area (TPSA) is 0 Å². The minimum absolute atomic E-state index is 0. The third-order valence-electron chi connectivity index (χ3n) is 7.94. The number of hydrogen-bond acceptors (Lipinski definition) is 0. The van der Waals surface area contributed by atoms with Crippen molar-refractivity contribution in [2.24, 2.45) is 5.92 Å². The van der Waals surface area contributed by atoms with E-state index in [1.165, 1.54) is 43.8 Å². The summed E-state index contributed by atoms with van der Waals surface area (Å²) in [6, 6.07) is 38.3. The molecule has 0 heterocycles. The summed E-state index contributed by atoms with van der Waals surface area (Å²) in [7, 11) is 0. The maximum atomic E-state index is 2.39. The maximum Gasteiger partial charge on any atom is 0.0247 e. The second kappa shape index (κ2) is 11.5. The van der Waals surface area contributed by atoms with Crippen LogP contribution in [0.1, 0.15) is 34.9 Å². The van der Waals surface area contributed by atoms with Gasteiger partial charge in [0.25, 0.3) is 0 Å². The molecule has 0 saturated heterocycles. The van der Waals surface area contributed by atoms with Gasteiger partial charge < -0.3 is 24.8 Å². The van der Waals surface area contributed by atoms with Gasteiger partial charge in [0, 0.05) is 37.7 Å². The Morgan fingerprint density at radius 1 is 0.595 bits per heavy atom. The van der Waals surface area contributed by atoms with Gasteiger partial charge in [-0.1, -0.05) is 133 Å². The Hall–Kier alpha value is -2.45. The molecule has 0 spiro atoms. The molecule has 0 amide bonds. The average Bonchev–Trinajstić information content (AvgIpc) is 3.41. The molecular weight excluding hydrogens is 658 g/mol. The molecule has 0 saturated carbocycles. The van der Waals surface area contributed by atoms with E-state index in [1.807, 2.05) is 0 Å². The van der Waals surface area contributed by atoms with E-state index in [0.29, 0.717) is 17.8 Å². The van der Waals surface area contributed by atoms with Gasteiger partial charge in [-0.3, -0.25) is 0 Å². The van der Waals surface area contributed by atoms with Gasteiger partial charge in [0.05, 0.1) is 0 Å². The fourth-order valence-electron chi connectivity index (χ4n) is 6.52. The van der Waals surface area contributed by atoms with Gasteiger partial charge in [-0.15, -0.1) is 0 Å². The summed E-state index contributed by atoms with van der Waals surface area (Å²) in [5.41, 5.74) is 10.2. The van der Waals surface area contributed by atoms with E-state index in [9.17, 15) is 0 Å². The fraction of sp³-hybridized carbons (Fsp3) is 0.118. The van der Waals surface area contributed by atoms with Crippen LogP contribution in [0.4, 0.5) is 0 Å². The molecule has 182 valence electrons. The van der Waals surface area contributed by atoms with Crippen molar-refractivity contribution >= 4 is 11.1 Å². The quantitative estimate of drug-likeness (QED) is 0.279. The molecule has 2 atom stereocenters. The normalized spacial score (nSPS) is 16.9. The molecule has 3 aliphatic rings. The summed E-state index contributed by atoms with van der Waals surface area (Å²) in [5, 5.41) is 2.83. The summed E-state index contributed by atoms with van der Waals surface area (Å²) >= 11 is 0. The molecule has 2 unspecified atom stereocenters. The van der Waals surface area contributed by atoms with E-state index in [1.54, 1.807) is 5.57 Å². The van der Waals surface area contributed by atoms with Crippen molar-refractivity contribution in [1.29, 1.82) is 0 Å². The van der Waals surface area contributed by atoms with Gasteiger partial charge in [0.1, 0.15) is 0 Å². The zero-order valence-corrected chi connectivity index (χ0v) is 25.4. The second-order valence-electron chi connectivity index (χ2n) is 9.62. The smallest absolute Gasteiger partial charge is 0.0247 e. The maximum absolute atomic E-state index is 2.39. The SMILES string of the molecule is C1=CC2=c3ccccc3=C(CC(c3ccccc3)C3c4ccccc4-c4ccccc43)C2C=C1.[Cl-].[Cl-].[Hf]. The number of benzene rings is 4. The van der Waals surface area contributed by atoms with Gasteiger partial charge in [-0.05, 0) is 56.2 Å². The third kappa shape index (κ3) is 4.56. The van der Waals surface area contributed by atoms with E-state index in [2.05, 4.69) is 127 Å². The van der Waals surface area contributed by atoms with Crippen LogP contribution >= 0.6 is 0 Å². The first-order valence-electron chi connectivity index (χ1n) is 12.3. The minimum Gasteiger partial charge on any atom is -1.00 e. The van der Waals surface area contributed by atoms with Gasteiger partial charge in [-0.25, -0.2) is 0 Å². The van der Waals surface area contributed by atoms with Crippen LogP contribution in [-0.4, -0.2) is 0 Å². The number of allylic oxidation sites excluding steroid dienone is 4. The first-order chi connectivity index (χ1) is 16.9. The van der Waals surface area contributed by atoms with Crippen molar-refractivity contribution in [2.45, 2.75) is 18.3 Å². The molecule has 3 heteroatoms. The van der Waals surface area contributed by atoms with E-state index >= 15 is 0 Å². The van der Waals surface area contributed by atoms with E-state index in [-0.39, 0.29) is 50.7 Å². The molecule has 4 aromatic rings. The fourth-order valence-corrected chi connectivity index (χ4v) is 6.52. The molecule has 0 nitrogen and oxygen atoms in total. The summed E-state index contributed by atoms with van der Waals surface area (Å²) in [5.74, 6) is 1.09. The van der Waals surface area contributed by atoms with E-state index < -0.39 is 0 Å². The molecule has 3 aliphatic carbocycles. The molecule has 0 aliphatic heterocycles. The largest absolute Gasteiger partial charge is 1.00 e. The third-order valence-corrected chi connectivity index (χ3v) is 7.94. The predicted molar refractivity (Wildman–Crippen MR) is 142 cm³/mol. The van der Waals surface area contributed by atoms with Crippen molar-refractivity contribution in [3.63, 3.8) is 0 Å². The average molecular weight is 684 g/mol. The zero-order chi connectivity index (χ0) is 22.5. The first-order valence-corrected chi connectivity index (χ1v) is 12.3. The van der Waals surface area contributed by atoms with Crippen LogP contribution < -0.4 is 35.3 Å². The van der Waals surface area contributed by atoms with Crippen molar-refractivity contribution < 1.29 is 50.7 Å². The molecule has 0 N–H and O–H groups in total. The number of halogens is 2. The number of fused-ring (bicyclic) bond motifs is 5. The van der Waals surface area contributed by atoms with E-state index in [4.69, 9.17) is 0 Å². The number of rotatable bonds is 4. The van der Waals surface area contributed by atoms with Crippen molar-refractivity contribution in [3.8, 4) is 11.1 Å². The van der Waals surface area contributed by atoms with Crippen molar-refractivity contribution in [1.82, 2.24) is 0 Å². The van der Waals surface area contributed by atoms with Crippen LogP contribution in [0.3, 0.4) is 0 Å². The van der Waals surface area contributed by atoms with Crippen LogP contribution in [0, 0.1) is 5.92 Å². The standard InChI is InChI=1S/C34H26.2ClH.Hf/c1-2-12-23(13-3-1)32(34-30-20-10-8-16-26(30)27-17-9-11-21-31(27)34)22-33-28-18-6-4-14-24(28)25-15-5-7-19-29(25)33;;;/h1-21,28,32,34H,22H2;2*1H;/p-2. The van der Waals surface area contributed by atoms with E-state index in [0.717, 1.165) is 6.42 Å². The van der Waals surface area contributed by atoms with Crippen LogP contribution in [-0.2, 0) is 25.8 Å². The van der Waals surface area contributed by atoms with Crippen LogP contribution in [0.2, 0.25) is 0 Å². The Morgan fingerprint density at radius 3 is 1.84 bits per heavy atom. The van der Waals surface area contributed by atoms with Crippen molar-refractivity contribution in [3.05, 3.63) is 155 Å². The molecule has 4 aromatic carbocycles. The van der Waals surface area contributed by atoms with Gasteiger partial charge in [-0.2, -0.15) is 0 Å². The Labute approximate surface area is 250 Å². The Bertz CT molecular complexity index is 1550. The van der Waals surface area contributed by atoms with Crippen LogP contribution in [0.5, 0.6) is 0 Å². The minimum atomic E-state index is 0. The van der Waals surface area contributed by atoms with Crippen LogP contribution in [0.15, 0.2) is 127 Å². The molecule has 0 aromatic heterocycles. The Morgan fingerprint density at radius 2 is 1.16 bits per heavy atom. The van der Waals surface area contributed by atoms with Gasteiger partial charge in [0.2, 0.25) is 0 Å². The first kappa shape index (κ1) is 27.6. The number of hydrogen-bond donors (Lipinski definition) is 0. The Kier molecular flexibility index (Phi) is 8.59. The summed E-state index contributed by atoms with van der Waals surface area (Å²) < 4.78 is 0. The molecular formula is C34H26Cl2Hf-2. The zero-order valence-electron chi connectivity index (χ0n) is 20.3. The van der Waals surface area contributed by atoms with Crippen molar-refractivity contribution in [2.75, 3.05) is 0 Å². The molecule has 0 radical (unpaired) electrons. The second-order valence-corrected chi connectivity index (χ2v) is 9.62. The monoisotopic (exact) mass is 684 g/mol. The summed E-state index contributed by atoms with van der Waals surface area (Å²) in [6.45, 7) is 0. The van der Waals surface area contributed by atoms with Gasteiger partial charge in [0.15, 0.2) is 0 Å². The molecule has 37 heavy (non-hydrogen) atoms. The van der Waals surface area contributed by atoms with Crippen LogP contribution in [0.25, 0.3) is 22.3 Å². The van der Waals surface area contributed by atoms with Gasteiger partial charge >= 0.3 is 0 Å². The molecule has 7 rings (SSSR count). The molecule has 0 bridgehead atoms. The summed E-state index contributed by atoms with van der Waals surface area (Å²) in [4.78, 5) is 0. The molecule has 0 fully saturated rings. The summed E-state index contributed by atoms with van der Waals surface area (Å²) in [6.07, 6.45) is 10.2. The predicted octanol–water partition coefficient (Wildman–Crippen LogP) is 0.736.